The molecule has 0 bridgehead atoms. The molecule has 31 heavy (non-hydrogen) atoms. The summed E-state index contributed by atoms with van der Waals surface area (Å²) in [7, 11) is 3.25. The number of aromatic nitrogens is 2. The number of benzene rings is 2. The lowest BCUT2D eigenvalue weighted by Crippen LogP contribution is -2.15. The van der Waals surface area contributed by atoms with Crippen LogP contribution in [0.2, 0.25) is 0 Å². The van der Waals surface area contributed by atoms with Crippen molar-refractivity contribution in [3.8, 4) is 28.5 Å². The van der Waals surface area contributed by atoms with Gasteiger partial charge in [-0.2, -0.15) is 0 Å². The molecule has 0 saturated heterocycles. The van der Waals surface area contributed by atoms with Crippen LogP contribution >= 0.6 is 11.3 Å². The van der Waals surface area contributed by atoms with Gasteiger partial charge in [0.05, 0.1) is 32.9 Å². The van der Waals surface area contributed by atoms with Gasteiger partial charge in [0.2, 0.25) is 5.91 Å². The predicted octanol–water partition coefficient (Wildman–Crippen LogP) is 4.66. The van der Waals surface area contributed by atoms with E-state index in [1.54, 1.807) is 14.2 Å². The fourth-order valence-electron chi connectivity index (χ4n) is 3.27. The van der Waals surface area contributed by atoms with E-state index >= 15 is 0 Å². The number of hydrogen-bond donors (Lipinski definition) is 1. The van der Waals surface area contributed by atoms with Crippen molar-refractivity contribution in [3.05, 3.63) is 59.7 Å². The highest BCUT2D eigenvalue weighted by molar-refractivity contribution is 7.15. The van der Waals surface area contributed by atoms with Gasteiger partial charge in [0.25, 0.3) is 0 Å². The van der Waals surface area contributed by atoms with Gasteiger partial charge in [-0.15, -0.1) is 11.3 Å². The molecule has 160 valence electrons. The van der Waals surface area contributed by atoms with E-state index in [4.69, 9.17) is 19.2 Å². The maximum Gasteiger partial charge on any atom is 0.230 e. The molecule has 8 heteroatoms. The zero-order chi connectivity index (χ0) is 21.8. The molecule has 0 aliphatic carbocycles. The molecule has 0 saturated carbocycles. The van der Waals surface area contributed by atoms with E-state index < -0.39 is 0 Å². The summed E-state index contributed by atoms with van der Waals surface area (Å²) < 4.78 is 18.2. The van der Waals surface area contributed by atoms with Crippen LogP contribution in [0.15, 0.2) is 54.0 Å². The lowest BCUT2D eigenvalue weighted by atomic mass is 10.1. The minimum atomic E-state index is -0.0990. The zero-order valence-corrected chi connectivity index (χ0v) is 18.4. The average Bonchev–Trinajstić information content (AvgIpc) is 3.36. The standard InChI is InChI=1S/C23H23N3O4S/c1-4-30-17-7-5-15(6-8-17)24-22(27)11-16-14-31-23-25-20(13-26(16)23)19-12-18(28-2)9-10-21(19)29-3/h5-10,12-14H,4,11H2,1-3H3,(H,24,27). The molecule has 2 heterocycles. The van der Waals surface area contributed by atoms with E-state index in [-0.39, 0.29) is 12.3 Å². The number of fused-ring (bicyclic) bond motifs is 1. The van der Waals surface area contributed by atoms with Crippen molar-refractivity contribution >= 4 is 27.9 Å². The summed E-state index contributed by atoms with van der Waals surface area (Å²) in [6.07, 6.45) is 2.15. The number of carbonyl (C=O) groups is 1. The predicted molar refractivity (Wildman–Crippen MR) is 122 cm³/mol. The smallest absolute Gasteiger partial charge is 0.230 e. The summed E-state index contributed by atoms with van der Waals surface area (Å²) in [6.45, 7) is 2.54. The number of ether oxygens (including phenoxy) is 3. The molecule has 0 spiro atoms. The van der Waals surface area contributed by atoms with E-state index in [1.807, 2.05) is 65.4 Å². The third-order valence-corrected chi connectivity index (χ3v) is 5.65. The normalized spacial score (nSPS) is 10.8. The number of nitrogens with zero attached hydrogens (tertiary/aromatic N) is 2. The number of rotatable bonds is 8. The highest BCUT2D eigenvalue weighted by Gasteiger charge is 2.16. The summed E-state index contributed by atoms with van der Waals surface area (Å²) in [6, 6.07) is 12.9. The summed E-state index contributed by atoms with van der Waals surface area (Å²) in [4.78, 5) is 18.1. The van der Waals surface area contributed by atoms with Crippen LogP contribution in [0, 0.1) is 0 Å². The molecule has 1 N–H and O–H groups in total. The second kappa shape index (κ2) is 9.09. The van der Waals surface area contributed by atoms with Crippen LogP contribution in [0.5, 0.6) is 17.2 Å². The van der Waals surface area contributed by atoms with Gasteiger partial charge in [0, 0.05) is 28.5 Å². The van der Waals surface area contributed by atoms with Crippen molar-refractivity contribution in [2.45, 2.75) is 13.3 Å². The fourth-order valence-corrected chi connectivity index (χ4v) is 4.14. The van der Waals surface area contributed by atoms with E-state index in [2.05, 4.69) is 5.32 Å². The Hall–Kier alpha value is -3.52. The molecule has 4 rings (SSSR count). The van der Waals surface area contributed by atoms with Gasteiger partial charge < -0.3 is 19.5 Å². The lowest BCUT2D eigenvalue weighted by molar-refractivity contribution is -0.115. The van der Waals surface area contributed by atoms with Gasteiger partial charge in [-0.05, 0) is 49.4 Å². The van der Waals surface area contributed by atoms with Gasteiger partial charge in [0.1, 0.15) is 17.2 Å². The topological polar surface area (TPSA) is 74.1 Å². The molecule has 7 nitrogen and oxygen atoms in total. The summed E-state index contributed by atoms with van der Waals surface area (Å²) in [5.41, 5.74) is 3.19. The van der Waals surface area contributed by atoms with E-state index in [0.717, 1.165) is 39.1 Å². The quantitative estimate of drug-likeness (QED) is 0.434. The number of hydrogen-bond acceptors (Lipinski definition) is 6. The minimum Gasteiger partial charge on any atom is -0.497 e. The van der Waals surface area contributed by atoms with E-state index in [0.29, 0.717) is 12.4 Å². The number of imidazole rings is 1. The monoisotopic (exact) mass is 437 g/mol. The van der Waals surface area contributed by atoms with Crippen LogP contribution in [0.3, 0.4) is 0 Å². The van der Waals surface area contributed by atoms with Crippen LogP contribution in [-0.2, 0) is 11.2 Å². The molecule has 2 aromatic carbocycles. The third kappa shape index (κ3) is 4.49. The highest BCUT2D eigenvalue weighted by atomic mass is 32.1. The first kappa shape index (κ1) is 20.7. The van der Waals surface area contributed by atoms with Gasteiger partial charge in [-0.1, -0.05) is 0 Å². The van der Waals surface area contributed by atoms with Crippen LogP contribution in [0.25, 0.3) is 16.2 Å². The summed E-state index contributed by atoms with van der Waals surface area (Å²) in [5, 5.41) is 4.88. The molecular weight excluding hydrogens is 414 g/mol. The molecule has 1 amide bonds. The number of amides is 1. The van der Waals surface area contributed by atoms with E-state index in [9.17, 15) is 4.79 Å². The Labute approximate surface area is 184 Å². The fraction of sp³-hybridized carbons (Fsp3) is 0.217. The Morgan fingerprint density at radius 3 is 2.58 bits per heavy atom. The lowest BCUT2D eigenvalue weighted by Gasteiger charge is -2.08. The minimum absolute atomic E-state index is 0.0990. The Balaban J connectivity index is 1.53. The maximum atomic E-state index is 12.6. The van der Waals surface area contributed by atoms with Crippen molar-refractivity contribution < 1.29 is 19.0 Å². The molecule has 0 unspecified atom stereocenters. The molecule has 4 aromatic rings. The molecular formula is C23H23N3O4S. The second-order valence-electron chi connectivity index (χ2n) is 6.75. The van der Waals surface area contributed by atoms with Crippen molar-refractivity contribution in [3.63, 3.8) is 0 Å². The number of nitrogens with one attached hydrogen (secondary N) is 1. The third-order valence-electron chi connectivity index (χ3n) is 4.76. The maximum absolute atomic E-state index is 12.6. The van der Waals surface area contributed by atoms with Crippen molar-refractivity contribution in [2.75, 3.05) is 26.1 Å². The van der Waals surface area contributed by atoms with Crippen LogP contribution in [0.1, 0.15) is 12.6 Å². The molecule has 0 radical (unpaired) electrons. The Morgan fingerprint density at radius 2 is 1.87 bits per heavy atom. The van der Waals surface area contributed by atoms with Crippen molar-refractivity contribution in [1.82, 2.24) is 9.38 Å². The van der Waals surface area contributed by atoms with Crippen LogP contribution < -0.4 is 19.5 Å². The number of thiazole rings is 1. The number of carbonyl (C=O) groups excluding carboxylic acids is 1. The van der Waals surface area contributed by atoms with Crippen molar-refractivity contribution in [1.29, 1.82) is 0 Å². The first-order valence-corrected chi connectivity index (χ1v) is 10.7. The van der Waals surface area contributed by atoms with Gasteiger partial charge >= 0.3 is 0 Å². The summed E-state index contributed by atoms with van der Waals surface area (Å²) in [5.74, 6) is 2.11. The van der Waals surface area contributed by atoms with Crippen LogP contribution in [0.4, 0.5) is 5.69 Å². The SMILES string of the molecule is CCOc1ccc(NC(=O)Cc2csc3nc(-c4cc(OC)ccc4OC)cn23)cc1. The average molecular weight is 438 g/mol. The first-order valence-electron chi connectivity index (χ1n) is 9.82. The van der Waals surface area contributed by atoms with Gasteiger partial charge in [-0.3, -0.25) is 9.20 Å². The summed E-state index contributed by atoms with van der Waals surface area (Å²) >= 11 is 1.49. The van der Waals surface area contributed by atoms with Crippen molar-refractivity contribution in [2.24, 2.45) is 0 Å². The zero-order valence-electron chi connectivity index (χ0n) is 17.5. The largest absolute Gasteiger partial charge is 0.497 e. The molecule has 0 aliphatic rings. The molecule has 2 aromatic heterocycles. The highest BCUT2D eigenvalue weighted by Crippen LogP contribution is 2.34. The molecule has 0 atom stereocenters. The second-order valence-corrected chi connectivity index (χ2v) is 7.59. The Kier molecular flexibility index (Phi) is 6.08. The van der Waals surface area contributed by atoms with Crippen LogP contribution in [-0.4, -0.2) is 36.1 Å². The Morgan fingerprint density at radius 1 is 1.10 bits per heavy atom. The Bertz CT molecular complexity index is 1200. The first-order chi connectivity index (χ1) is 15.1. The molecule has 0 fully saturated rings. The van der Waals surface area contributed by atoms with E-state index in [1.165, 1.54) is 11.3 Å². The molecule has 0 aliphatic heterocycles. The number of anilines is 1. The number of methoxy groups -OCH3 is 2. The van der Waals surface area contributed by atoms with Gasteiger partial charge in [-0.25, -0.2) is 4.98 Å². The van der Waals surface area contributed by atoms with Gasteiger partial charge in [0.15, 0.2) is 4.96 Å².